The number of imidazole rings is 1. The first-order valence-corrected chi connectivity index (χ1v) is 5.97. The molecule has 1 heterocycles. The number of aryl methyl sites for hydroxylation is 1. The van der Waals surface area contributed by atoms with Crippen LogP contribution in [0.25, 0.3) is 12.2 Å². The average Bonchev–Trinajstić information content (AvgIpc) is 2.65. The lowest BCUT2D eigenvalue weighted by Crippen LogP contribution is -2.32. The van der Waals surface area contributed by atoms with Crippen LogP contribution in [0.5, 0.6) is 0 Å². The topological polar surface area (TPSA) is 17.8 Å². The smallest absolute Gasteiger partial charge is 0.0955 e. The minimum atomic E-state index is 0.650. The van der Waals surface area contributed by atoms with Gasteiger partial charge in [0, 0.05) is 7.05 Å². The van der Waals surface area contributed by atoms with Crippen molar-refractivity contribution in [3.8, 4) is 0 Å². The summed E-state index contributed by atoms with van der Waals surface area (Å²) in [5.74, 6) is 0.650. The predicted octanol–water partition coefficient (Wildman–Crippen LogP) is 2.07. The maximum absolute atomic E-state index is 4.28. The Balaban J connectivity index is 0.000000442. The molecule has 2 rings (SSSR count). The van der Waals surface area contributed by atoms with Crippen LogP contribution in [0.1, 0.15) is 41.0 Å². The van der Waals surface area contributed by atoms with Crippen LogP contribution in [0.3, 0.4) is 0 Å². The summed E-state index contributed by atoms with van der Waals surface area (Å²) in [6.07, 6.45) is 7.50. The van der Waals surface area contributed by atoms with Gasteiger partial charge in [-0.1, -0.05) is 46.8 Å². The van der Waals surface area contributed by atoms with E-state index in [1.54, 1.807) is 0 Å². The van der Waals surface area contributed by atoms with Crippen molar-refractivity contribution < 1.29 is 0 Å². The summed E-state index contributed by atoms with van der Waals surface area (Å²) in [4.78, 5) is 4.28. The maximum atomic E-state index is 4.28. The molecule has 0 fully saturated rings. The highest BCUT2D eigenvalue weighted by Gasteiger charge is 2.03. The van der Waals surface area contributed by atoms with E-state index in [2.05, 4.69) is 28.6 Å². The van der Waals surface area contributed by atoms with E-state index in [0.717, 1.165) is 11.8 Å². The number of fused-ring (bicyclic) bond motifs is 1. The molecule has 1 aromatic heterocycles. The van der Waals surface area contributed by atoms with Gasteiger partial charge in [-0.05, 0) is 12.3 Å². The highest BCUT2D eigenvalue weighted by molar-refractivity contribution is 5.35. The van der Waals surface area contributed by atoms with Crippen molar-refractivity contribution in [3.63, 3.8) is 0 Å². The maximum Gasteiger partial charge on any atom is 0.0955 e. The van der Waals surface area contributed by atoms with Crippen molar-refractivity contribution >= 4 is 12.2 Å². The van der Waals surface area contributed by atoms with Gasteiger partial charge < -0.3 is 4.57 Å². The van der Waals surface area contributed by atoms with Crippen LogP contribution < -0.4 is 10.7 Å². The van der Waals surface area contributed by atoms with E-state index >= 15 is 0 Å². The second-order valence-electron chi connectivity index (χ2n) is 3.21. The Hall–Kier alpha value is -1.05. The molecule has 0 aromatic carbocycles. The Kier molecular flexibility index (Phi) is 6.76. The zero-order valence-corrected chi connectivity index (χ0v) is 10.9. The summed E-state index contributed by atoms with van der Waals surface area (Å²) in [5.41, 5.74) is 0. The second-order valence-corrected chi connectivity index (χ2v) is 3.21. The van der Waals surface area contributed by atoms with Crippen molar-refractivity contribution in [2.75, 3.05) is 0 Å². The van der Waals surface area contributed by atoms with Crippen LogP contribution in [-0.2, 0) is 7.05 Å². The molecule has 0 N–H and O–H groups in total. The molecule has 1 aliphatic carbocycles. The van der Waals surface area contributed by atoms with Crippen LogP contribution in [0.4, 0.5) is 0 Å². The van der Waals surface area contributed by atoms with Crippen LogP contribution >= 0.6 is 0 Å². The molecule has 2 nitrogen and oxygen atoms in total. The van der Waals surface area contributed by atoms with E-state index in [9.17, 15) is 0 Å². The molecule has 1 atom stereocenters. The molecular weight excluding hydrogens is 184 g/mol. The summed E-state index contributed by atoms with van der Waals surface area (Å²) in [6, 6.07) is 0. The average molecular weight is 208 g/mol. The van der Waals surface area contributed by atoms with Gasteiger partial charge in [0.1, 0.15) is 0 Å². The normalized spacial score (nSPS) is 16.8. The van der Waals surface area contributed by atoms with Crippen LogP contribution in [0.15, 0.2) is 6.33 Å². The molecule has 0 saturated heterocycles. The van der Waals surface area contributed by atoms with Gasteiger partial charge in [0.25, 0.3) is 0 Å². The number of aromatic nitrogens is 2. The monoisotopic (exact) mass is 208 g/mol. The quantitative estimate of drug-likeness (QED) is 0.638. The molecule has 0 saturated carbocycles. The minimum Gasteiger partial charge on any atom is -0.334 e. The Morgan fingerprint density at radius 3 is 2.47 bits per heavy atom. The third-order valence-electron chi connectivity index (χ3n) is 2.14. The molecule has 1 aromatic rings. The van der Waals surface area contributed by atoms with E-state index < -0.39 is 0 Å². The fraction of sp³-hybridized carbons (Fsp3) is 0.615. The molecule has 2 heteroatoms. The fourth-order valence-corrected chi connectivity index (χ4v) is 1.47. The molecule has 0 aliphatic heterocycles. The molecule has 0 radical (unpaired) electrons. The highest BCUT2D eigenvalue weighted by atomic mass is 15.0. The number of rotatable bonds is 0. The standard InChI is InChI=1S/C9H12N2.2C2H6/c1-7-3-4-9-8(5-7)10-6-11(9)2;2*1-2/h4-7H,3H2,1-2H3;2*1-2H3. The second kappa shape index (κ2) is 7.27. The SMILES string of the molecule is CC.CC.CC1C=c2ncn(C)c2=CC1. The van der Waals surface area contributed by atoms with Gasteiger partial charge in [-0.2, -0.15) is 0 Å². The minimum absolute atomic E-state index is 0.650. The summed E-state index contributed by atoms with van der Waals surface area (Å²) >= 11 is 0. The zero-order valence-electron chi connectivity index (χ0n) is 10.9. The number of hydrogen-bond donors (Lipinski definition) is 0. The van der Waals surface area contributed by atoms with Crippen molar-refractivity contribution in [1.82, 2.24) is 9.55 Å². The lowest BCUT2D eigenvalue weighted by atomic mass is 10.0. The zero-order chi connectivity index (χ0) is 11.8. The van der Waals surface area contributed by atoms with Crippen molar-refractivity contribution in [3.05, 3.63) is 17.0 Å². The Bertz CT molecular complexity index is 374. The summed E-state index contributed by atoms with van der Waals surface area (Å²) in [5, 5.41) is 2.41. The van der Waals surface area contributed by atoms with Crippen molar-refractivity contribution in [2.45, 2.75) is 41.0 Å². The van der Waals surface area contributed by atoms with Crippen molar-refractivity contribution in [2.24, 2.45) is 13.0 Å². The fourth-order valence-electron chi connectivity index (χ4n) is 1.47. The molecule has 86 valence electrons. The molecule has 1 unspecified atom stereocenters. The van der Waals surface area contributed by atoms with Gasteiger partial charge >= 0.3 is 0 Å². The van der Waals surface area contributed by atoms with E-state index in [-0.39, 0.29) is 0 Å². The lowest BCUT2D eigenvalue weighted by Gasteiger charge is -2.03. The van der Waals surface area contributed by atoms with Gasteiger partial charge in [-0.15, -0.1) is 0 Å². The molecule has 0 bridgehead atoms. The summed E-state index contributed by atoms with van der Waals surface area (Å²) in [7, 11) is 2.03. The molecule has 0 spiro atoms. The Labute approximate surface area is 93.3 Å². The highest BCUT2D eigenvalue weighted by Crippen LogP contribution is 2.04. The third kappa shape index (κ3) is 3.54. The Morgan fingerprint density at radius 1 is 1.27 bits per heavy atom. The van der Waals surface area contributed by atoms with Gasteiger partial charge in [0.05, 0.1) is 17.0 Å². The largest absolute Gasteiger partial charge is 0.334 e. The first kappa shape index (κ1) is 13.9. The third-order valence-corrected chi connectivity index (χ3v) is 2.14. The van der Waals surface area contributed by atoms with Gasteiger partial charge in [0.2, 0.25) is 0 Å². The molecule has 0 amide bonds. The van der Waals surface area contributed by atoms with Crippen LogP contribution in [0, 0.1) is 5.92 Å². The Morgan fingerprint density at radius 2 is 1.87 bits per heavy atom. The first-order valence-electron chi connectivity index (χ1n) is 5.97. The first-order chi connectivity index (χ1) is 7.27. The number of nitrogens with zero attached hydrogens (tertiary/aromatic N) is 2. The van der Waals surface area contributed by atoms with E-state index in [0.29, 0.717) is 5.92 Å². The predicted molar refractivity (Wildman–Crippen MR) is 67.9 cm³/mol. The lowest BCUT2D eigenvalue weighted by molar-refractivity contribution is 0.783. The van der Waals surface area contributed by atoms with Crippen molar-refractivity contribution in [1.29, 1.82) is 0 Å². The van der Waals surface area contributed by atoms with E-state index in [1.165, 1.54) is 5.35 Å². The number of hydrogen-bond acceptors (Lipinski definition) is 1. The van der Waals surface area contributed by atoms with Crippen LogP contribution in [-0.4, -0.2) is 9.55 Å². The van der Waals surface area contributed by atoms with E-state index in [4.69, 9.17) is 0 Å². The van der Waals surface area contributed by atoms with Gasteiger partial charge in [0.15, 0.2) is 0 Å². The van der Waals surface area contributed by atoms with Gasteiger partial charge in [-0.25, -0.2) is 4.98 Å². The summed E-state index contributed by atoms with van der Waals surface area (Å²) < 4.78 is 2.07. The van der Waals surface area contributed by atoms with Crippen LogP contribution in [0.2, 0.25) is 0 Å². The van der Waals surface area contributed by atoms with Gasteiger partial charge in [-0.3, -0.25) is 0 Å². The summed E-state index contributed by atoms with van der Waals surface area (Å²) in [6.45, 7) is 10.2. The van der Waals surface area contributed by atoms with E-state index in [1.807, 2.05) is 41.1 Å². The molecular formula is C13H24N2. The molecule has 1 aliphatic rings. The molecule has 15 heavy (non-hydrogen) atoms.